The summed E-state index contributed by atoms with van der Waals surface area (Å²) >= 11 is 6.28. The van der Waals surface area contributed by atoms with E-state index in [2.05, 4.69) is 15.1 Å². The number of benzene rings is 1. The molecule has 2 aliphatic heterocycles. The first kappa shape index (κ1) is 18.9. The predicted molar refractivity (Wildman–Crippen MR) is 107 cm³/mol. The largest absolute Gasteiger partial charge is 0.379 e. The first-order chi connectivity index (χ1) is 13.5. The lowest BCUT2D eigenvalue weighted by Crippen LogP contribution is -2.50. The van der Waals surface area contributed by atoms with Gasteiger partial charge in [0.1, 0.15) is 0 Å². The van der Waals surface area contributed by atoms with Crippen molar-refractivity contribution < 1.29 is 9.63 Å². The van der Waals surface area contributed by atoms with Gasteiger partial charge in [0.05, 0.1) is 17.1 Å². The Bertz CT molecular complexity index is 932. The van der Waals surface area contributed by atoms with Gasteiger partial charge in [-0.2, -0.15) is 0 Å². The third-order valence-corrected chi connectivity index (χ3v) is 5.73. The van der Waals surface area contributed by atoms with E-state index in [1.54, 1.807) is 19.3 Å². The summed E-state index contributed by atoms with van der Waals surface area (Å²) in [6, 6.07) is 7.48. The second-order valence-corrected chi connectivity index (χ2v) is 8.10. The van der Waals surface area contributed by atoms with Crippen molar-refractivity contribution in [3.8, 4) is 0 Å². The second-order valence-electron chi connectivity index (χ2n) is 7.69. The molecule has 0 spiro atoms. The molecule has 1 saturated heterocycles. The van der Waals surface area contributed by atoms with Crippen molar-refractivity contribution in [2.45, 2.75) is 44.6 Å². The van der Waals surface area contributed by atoms with Crippen molar-refractivity contribution in [1.82, 2.24) is 14.9 Å². The summed E-state index contributed by atoms with van der Waals surface area (Å²) in [6.07, 6.45) is 5.89. The number of aromatic nitrogens is 2. The number of carbonyl (C=O) groups is 1. The van der Waals surface area contributed by atoms with E-state index in [1.807, 2.05) is 36.1 Å². The Hall–Kier alpha value is -2.47. The monoisotopic (exact) mass is 398 g/mol. The van der Waals surface area contributed by atoms with Crippen LogP contribution in [0.15, 0.2) is 41.8 Å². The number of oxime groups is 1. The Kier molecular flexibility index (Phi) is 5.06. The fourth-order valence-electron chi connectivity index (χ4n) is 3.91. The van der Waals surface area contributed by atoms with Crippen molar-refractivity contribution in [2.24, 2.45) is 5.16 Å². The molecule has 1 fully saturated rings. The lowest BCUT2D eigenvalue weighted by molar-refractivity contribution is -0.154. The zero-order valence-corrected chi connectivity index (χ0v) is 16.8. The zero-order chi connectivity index (χ0) is 19.7. The molecule has 4 rings (SSSR count). The number of rotatable bonds is 3. The van der Waals surface area contributed by atoms with Gasteiger partial charge in [-0.3, -0.25) is 14.8 Å². The number of likely N-dealkylation sites (tertiary alicyclic amines) is 1. The van der Waals surface area contributed by atoms with Crippen molar-refractivity contribution in [1.29, 1.82) is 0 Å². The Balaban J connectivity index is 1.48. The van der Waals surface area contributed by atoms with Gasteiger partial charge in [0.25, 0.3) is 5.91 Å². The van der Waals surface area contributed by atoms with Crippen molar-refractivity contribution >= 4 is 23.2 Å². The van der Waals surface area contributed by atoms with Crippen LogP contribution in [-0.4, -0.2) is 45.2 Å². The van der Waals surface area contributed by atoms with Crippen LogP contribution in [0, 0.1) is 6.92 Å². The highest BCUT2D eigenvalue weighted by atomic mass is 35.5. The fraction of sp³-hybridized carbons (Fsp3) is 0.429. The van der Waals surface area contributed by atoms with E-state index in [0.717, 1.165) is 36.3 Å². The molecule has 3 heterocycles. The molecule has 1 amide bonds. The minimum atomic E-state index is -1.01. The smallest absolute Gasteiger partial charge is 0.269 e. The van der Waals surface area contributed by atoms with Gasteiger partial charge >= 0.3 is 0 Å². The van der Waals surface area contributed by atoms with Crippen LogP contribution < -0.4 is 0 Å². The summed E-state index contributed by atoms with van der Waals surface area (Å²) in [7, 11) is 0. The first-order valence-electron chi connectivity index (χ1n) is 9.54. The van der Waals surface area contributed by atoms with E-state index in [-0.39, 0.29) is 11.8 Å². The lowest BCUT2D eigenvalue weighted by atomic mass is 9.90. The third kappa shape index (κ3) is 3.61. The van der Waals surface area contributed by atoms with Gasteiger partial charge < -0.3 is 9.74 Å². The molecule has 6 nitrogen and oxygen atoms in total. The van der Waals surface area contributed by atoms with Gasteiger partial charge in [-0.15, -0.1) is 0 Å². The fourth-order valence-corrected chi connectivity index (χ4v) is 4.16. The highest BCUT2D eigenvalue weighted by Gasteiger charge is 2.46. The van der Waals surface area contributed by atoms with Gasteiger partial charge in [-0.25, -0.2) is 0 Å². The topological polar surface area (TPSA) is 67.7 Å². The molecular weight excluding hydrogens is 376 g/mol. The molecule has 28 heavy (non-hydrogen) atoms. The van der Waals surface area contributed by atoms with Gasteiger partial charge in [0.2, 0.25) is 5.60 Å². The Morgan fingerprint density at radius 1 is 1.32 bits per heavy atom. The molecule has 0 bridgehead atoms. The van der Waals surface area contributed by atoms with Crippen LogP contribution in [0.2, 0.25) is 5.02 Å². The summed E-state index contributed by atoms with van der Waals surface area (Å²) in [4.78, 5) is 29.7. The van der Waals surface area contributed by atoms with E-state index < -0.39 is 5.60 Å². The van der Waals surface area contributed by atoms with Gasteiger partial charge in [0, 0.05) is 48.4 Å². The number of hydrogen-bond donors (Lipinski definition) is 0. The van der Waals surface area contributed by atoms with E-state index in [1.165, 1.54) is 0 Å². The summed E-state index contributed by atoms with van der Waals surface area (Å²) in [5.74, 6) is 0.155. The molecule has 7 heteroatoms. The van der Waals surface area contributed by atoms with Crippen molar-refractivity contribution in [3.05, 3.63) is 58.6 Å². The van der Waals surface area contributed by atoms with Gasteiger partial charge in [0.15, 0.2) is 0 Å². The number of halogens is 1. The second kappa shape index (κ2) is 7.51. The number of nitrogens with zero attached hydrogens (tertiary/aromatic N) is 4. The van der Waals surface area contributed by atoms with E-state index >= 15 is 0 Å². The van der Waals surface area contributed by atoms with Gasteiger partial charge in [-0.1, -0.05) is 35.0 Å². The Morgan fingerprint density at radius 2 is 2.14 bits per heavy atom. The molecule has 0 N–H and O–H groups in total. The van der Waals surface area contributed by atoms with Crippen LogP contribution in [0.3, 0.4) is 0 Å². The molecule has 1 aromatic carbocycles. The minimum Gasteiger partial charge on any atom is -0.379 e. The Labute approximate surface area is 169 Å². The van der Waals surface area contributed by atoms with Crippen molar-refractivity contribution in [2.75, 3.05) is 13.1 Å². The molecule has 0 aliphatic carbocycles. The third-order valence-electron chi connectivity index (χ3n) is 5.40. The zero-order valence-electron chi connectivity index (χ0n) is 16.1. The highest BCUT2D eigenvalue weighted by molar-refractivity contribution is 6.34. The van der Waals surface area contributed by atoms with Crippen LogP contribution in [0.5, 0.6) is 0 Å². The molecule has 2 aromatic rings. The number of amides is 1. The van der Waals surface area contributed by atoms with E-state index in [4.69, 9.17) is 16.4 Å². The molecule has 146 valence electrons. The minimum absolute atomic E-state index is 0.0383. The highest BCUT2D eigenvalue weighted by Crippen LogP contribution is 2.33. The molecule has 2 aliphatic rings. The predicted octanol–water partition coefficient (Wildman–Crippen LogP) is 3.73. The van der Waals surface area contributed by atoms with Crippen LogP contribution in [0.4, 0.5) is 0 Å². The summed E-state index contributed by atoms with van der Waals surface area (Å²) < 4.78 is 0. The molecular formula is C21H23ClN4O2. The average Bonchev–Trinajstić information content (AvgIpc) is 3.11. The van der Waals surface area contributed by atoms with Gasteiger partial charge in [-0.05, 0) is 32.8 Å². The number of aryl methyl sites for hydroxylation is 1. The van der Waals surface area contributed by atoms with Crippen LogP contribution in [0.1, 0.15) is 49.1 Å². The van der Waals surface area contributed by atoms with Crippen molar-refractivity contribution in [3.63, 3.8) is 0 Å². The molecule has 0 saturated carbocycles. The lowest BCUT2D eigenvalue weighted by Gasteiger charge is -2.36. The summed E-state index contributed by atoms with van der Waals surface area (Å²) in [5, 5.41) is 4.80. The average molecular weight is 399 g/mol. The number of hydrogen-bond acceptors (Lipinski definition) is 5. The molecule has 0 unspecified atom stereocenters. The molecule has 1 aromatic heterocycles. The van der Waals surface area contributed by atoms with Crippen LogP contribution >= 0.6 is 11.6 Å². The van der Waals surface area contributed by atoms with Crippen LogP contribution in [0.25, 0.3) is 0 Å². The van der Waals surface area contributed by atoms with E-state index in [0.29, 0.717) is 23.7 Å². The molecule has 0 radical (unpaired) electrons. The summed E-state index contributed by atoms with van der Waals surface area (Å²) in [5.41, 5.74) is 2.36. The molecule has 2 atom stereocenters. The maximum absolute atomic E-state index is 13.3. The van der Waals surface area contributed by atoms with Crippen LogP contribution in [-0.2, 0) is 9.63 Å². The quantitative estimate of drug-likeness (QED) is 0.790. The first-order valence-corrected chi connectivity index (χ1v) is 9.92. The number of piperidine rings is 1. The Morgan fingerprint density at radius 3 is 2.93 bits per heavy atom. The SMILES string of the molecule is Cc1cncc([C@@H]2CCCN(C(=O)[C@]3(C)CC(c4ccccc4Cl)=NO3)C2)n1. The number of carbonyl (C=O) groups excluding carboxylic acids is 1. The van der Waals surface area contributed by atoms with E-state index in [9.17, 15) is 4.79 Å². The maximum Gasteiger partial charge on any atom is 0.269 e. The standard InChI is InChI=1S/C21H23ClN4O2/c1-14-11-23-12-19(24-14)15-6-5-9-26(13-15)20(27)21(2)10-18(25-28-21)16-7-3-4-8-17(16)22/h3-4,7-8,11-12,15H,5-6,9-10,13H2,1-2H3/t15-,21+/m1/s1. The normalized spacial score (nSPS) is 24.6. The maximum atomic E-state index is 13.3. The summed E-state index contributed by atoms with van der Waals surface area (Å²) in [6.45, 7) is 5.08.